The van der Waals surface area contributed by atoms with Gasteiger partial charge in [0.2, 0.25) is 0 Å². The molecule has 0 bridgehead atoms. The van der Waals surface area contributed by atoms with E-state index in [0.717, 1.165) is 81.9 Å². The van der Waals surface area contributed by atoms with E-state index in [4.69, 9.17) is 4.74 Å². The van der Waals surface area contributed by atoms with Crippen LogP contribution in [0.4, 0.5) is 8.78 Å². The molecule has 32 heavy (non-hydrogen) atoms. The summed E-state index contributed by atoms with van der Waals surface area (Å²) in [6, 6.07) is 5.23. The molecular formula is C26H25F2N3O. The van der Waals surface area contributed by atoms with E-state index in [-0.39, 0.29) is 11.6 Å². The fourth-order valence-electron chi connectivity index (χ4n) is 5.72. The summed E-state index contributed by atoms with van der Waals surface area (Å²) in [4.78, 5) is 7.13. The van der Waals surface area contributed by atoms with Crippen molar-refractivity contribution in [1.82, 2.24) is 15.3 Å². The Balaban J connectivity index is 1.57. The molecule has 0 radical (unpaired) electrons. The Morgan fingerprint density at radius 3 is 2.69 bits per heavy atom. The van der Waals surface area contributed by atoms with Crippen LogP contribution in [0.2, 0.25) is 0 Å². The fraction of sp³-hybridized carbons (Fsp3) is 0.385. The van der Waals surface area contributed by atoms with Crippen LogP contribution in [0.15, 0.2) is 24.0 Å². The van der Waals surface area contributed by atoms with Crippen molar-refractivity contribution in [3.05, 3.63) is 46.7 Å². The molecule has 2 aromatic carbocycles. The normalized spacial score (nSPS) is 20.9. The van der Waals surface area contributed by atoms with E-state index in [1.165, 1.54) is 11.6 Å². The SMILES string of the molecule is FC1=Cc2c([nH]c3c(OCC4CCCN4)c4[nH]c5ccc(F)cc5c4c(C4CC4)c23)CC1. The highest BCUT2D eigenvalue weighted by Gasteiger charge is 2.34. The molecule has 2 aliphatic carbocycles. The molecule has 164 valence electrons. The summed E-state index contributed by atoms with van der Waals surface area (Å²) in [6.45, 7) is 1.59. The molecule has 1 unspecified atom stereocenters. The van der Waals surface area contributed by atoms with E-state index in [2.05, 4.69) is 15.3 Å². The molecule has 4 aromatic rings. The van der Waals surface area contributed by atoms with Crippen molar-refractivity contribution in [3.8, 4) is 5.75 Å². The molecule has 0 spiro atoms. The average Bonchev–Trinajstić information content (AvgIpc) is 3.18. The second kappa shape index (κ2) is 6.82. The third-order valence-corrected chi connectivity index (χ3v) is 7.37. The third kappa shape index (κ3) is 2.75. The standard InChI is InChI=1S/C26H25F2N3O/c27-14-5-7-19-17(10-14)22-21(13-3-4-13)23-18-11-15(28)6-8-20(18)31-25(23)26(24(22)30-19)32-12-16-2-1-9-29-16/h5,7,10-11,13,16,29-31H,1-4,6,8-9,12H2. The second-order valence-electron chi connectivity index (χ2n) is 9.54. The monoisotopic (exact) mass is 433 g/mol. The molecule has 3 N–H and O–H groups in total. The molecule has 7 rings (SSSR count). The number of rotatable bonds is 4. The molecule has 2 fully saturated rings. The lowest BCUT2D eigenvalue weighted by atomic mass is 9.93. The Hall–Kier alpha value is -2.86. The van der Waals surface area contributed by atoms with E-state index in [1.54, 1.807) is 18.2 Å². The maximum absolute atomic E-state index is 14.4. The van der Waals surface area contributed by atoms with E-state index in [9.17, 15) is 8.78 Å². The van der Waals surface area contributed by atoms with Crippen LogP contribution < -0.4 is 10.1 Å². The number of aromatic nitrogens is 2. The van der Waals surface area contributed by atoms with E-state index in [0.29, 0.717) is 31.4 Å². The molecule has 4 nitrogen and oxygen atoms in total. The van der Waals surface area contributed by atoms with Crippen LogP contribution >= 0.6 is 0 Å². The van der Waals surface area contributed by atoms with Crippen molar-refractivity contribution in [2.24, 2.45) is 0 Å². The summed E-state index contributed by atoms with van der Waals surface area (Å²) in [7, 11) is 0. The number of aryl methyl sites for hydroxylation is 1. The van der Waals surface area contributed by atoms with Crippen molar-refractivity contribution in [3.63, 3.8) is 0 Å². The molecule has 6 heteroatoms. The van der Waals surface area contributed by atoms with Crippen molar-refractivity contribution in [2.75, 3.05) is 13.2 Å². The van der Waals surface area contributed by atoms with Gasteiger partial charge in [0.1, 0.15) is 18.3 Å². The minimum Gasteiger partial charge on any atom is -0.488 e. The number of hydrogen-bond donors (Lipinski definition) is 3. The van der Waals surface area contributed by atoms with Crippen LogP contribution in [0.5, 0.6) is 5.75 Å². The molecule has 2 aromatic heterocycles. The zero-order valence-electron chi connectivity index (χ0n) is 17.8. The third-order valence-electron chi connectivity index (χ3n) is 7.37. The lowest BCUT2D eigenvalue weighted by molar-refractivity contribution is 0.282. The molecule has 1 saturated carbocycles. The van der Waals surface area contributed by atoms with E-state index < -0.39 is 0 Å². The van der Waals surface area contributed by atoms with E-state index >= 15 is 0 Å². The fourth-order valence-corrected chi connectivity index (χ4v) is 5.72. The number of benzene rings is 2. The first-order chi connectivity index (χ1) is 15.7. The lowest BCUT2D eigenvalue weighted by Gasteiger charge is -2.16. The van der Waals surface area contributed by atoms with Gasteiger partial charge in [0.05, 0.1) is 11.0 Å². The van der Waals surface area contributed by atoms with Gasteiger partial charge in [0, 0.05) is 45.4 Å². The summed E-state index contributed by atoms with van der Waals surface area (Å²) in [5.74, 6) is 0.849. The first kappa shape index (κ1) is 18.7. The second-order valence-corrected chi connectivity index (χ2v) is 9.54. The molecule has 3 heterocycles. The van der Waals surface area contributed by atoms with Gasteiger partial charge in [-0.2, -0.15) is 0 Å². The van der Waals surface area contributed by atoms with Gasteiger partial charge in [-0.25, -0.2) is 8.78 Å². The summed E-state index contributed by atoms with van der Waals surface area (Å²) in [5, 5.41) is 6.47. The minimum atomic E-state index is -0.250. The number of fused-ring (bicyclic) bond motifs is 6. The van der Waals surface area contributed by atoms with E-state index in [1.807, 2.05) is 0 Å². The molecule has 3 aliphatic rings. The van der Waals surface area contributed by atoms with Gasteiger partial charge < -0.3 is 20.0 Å². The Bertz CT molecular complexity index is 1420. The Kier molecular flexibility index (Phi) is 3.98. The molecular weight excluding hydrogens is 408 g/mol. The van der Waals surface area contributed by atoms with Gasteiger partial charge in [0.15, 0.2) is 5.75 Å². The highest BCUT2D eigenvalue weighted by molar-refractivity contribution is 6.19. The van der Waals surface area contributed by atoms with Gasteiger partial charge in [-0.1, -0.05) is 0 Å². The predicted molar refractivity (Wildman–Crippen MR) is 124 cm³/mol. The molecule has 1 atom stereocenters. The number of ether oxygens (including phenoxy) is 1. The summed E-state index contributed by atoms with van der Waals surface area (Å²) >= 11 is 0. The summed E-state index contributed by atoms with van der Waals surface area (Å²) < 4.78 is 35.2. The van der Waals surface area contributed by atoms with Crippen LogP contribution in [0.1, 0.15) is 54.8 Å². The number of halogens is 2. The maximum atomic E-state index is 14.4. The summed E-state index contributed by atoms with van der Waals surface area (Å²) in [5.41, 5.74) is 5.98. The van der Waals surface area contributed by atoms with Gasteiger partial charge in [-0.15, -0.1) is 0 Å². The molecule has 0 amide bonds. The Labute approximate surface area is 184 Å². The number of hydrogen-bond acceptors (Lipinski definition) is 2. The van der Waals surface area contributed by atoms with Crippen LogP contribution in [-0.2, 0) is 6.42 Å². The number of aromatic amines is 2. The number of H-pyrrole nitrogens is 2. The van der Waals surface area contributed by atoms with Crippen LogP contribution in [0.25, 0.3) is 38.8 Å². The Morgan fingerprint density at radius 2 is 1.88 bits per heavy atom. The van der Waals surface area contributed by atoms with Gasteiger partial charge >= 0.3 is 0 Å². The van der Waals surface area contributed by atoms with Crippen LogP contribution in [0.3, 0.4) is 0 Å². The van der Waals surface area contributed by atoms with Crippen molar-refractivity contribution < 1.29 is 13.5 Å². The first-order valence-electron chi connectivity index (χ1n) is 11.7. The lowest BCUT2D eigenvalue weighted by Crippen LogP contribution is -2.28. The minimum absolute atomic E-state index is 0.0807. The molecule has 1 saturated heterocycles. The smallest absolute Gasteiger partial charge is 0.167 e. The van der Waals surface area contributed by atoms with Crippen LogP contribution in [0, 0.1) is 5.82 Å². The largest absolute Gasteiger partial charge is 0.488 e. The van der Waals surface area contributed by atoms with Crippen molar-refractivity contribution >= 4 is 38.8 Å². The van der Waals surface area contributed by atoms with Gasteiger partial charge in [0.25, 0.3) is 0 Å². The maximum Gasteiger partial charge on any atom is 0.167 e. The van der Waals surface area contributed by atoms with Crippen LogP contribution in [-0.4, -0.2) is 29.2 Å². The van der Waals surface area contributed by atoms with Gasteiger partial charge in [-0.05, 0) is 74.4 Å². The molecule has 1 aliphatic heterocycles. The highest BCUT2D eigenvalue weighted by Crippen LogP contribution is 2.53. The summed E-state index contributed by atoms with van der Waals surface area (Å²) in [6.07, 6.45) is 7.23. The quantitative estimate of drug-likeness (QED) is 0.359. The highest BCUT2D eigenvalue weighted by atomic mass is 19.1. The number of nitrogens with one attached hydrogen (secondary N) is 3. The zero-order chi connectivity index (χ0) is 21.4. The van der Waals surface area contributed by atoms with Gasteiger partial charge in [-0.3, -0.25) is 0 Å². The first-order valence-corrected chi connectivity index (χ1v) is 11.7. The average molecular weight is 434 g/mol. The van der Waals surface area contributed by atoms with Crippen molar-refractivity contribution in [1.29, 1.82) is 0 Å². The zero-order valence-corrected chi connectivity index (χ0v) is 17.8. The van der Waals surface area contributed by atoms with Crippen molar-refractivity contribution in [2.45, 2.75) is 50.5 Å². The Morgan fingerprint density at radius 1 is 1.00 bits per heavy atom. The predicted octanol–water partition coefficient (Wildman–Crippen LogP) is 6.21. The number of allylic oxidation sites excluding steroid dienone is 1. The topological polar surface area (TPSA) is 52.8 Å².